The van der Waals surface area contributed by atoms with E-state index < -0.39 is 0 Å². The van der Waals surface area contributed by atoms with Crippen molar-refractivity contribution in [3.63, 3.8) is 0 Å². The van der Waals surface area contributed by atoms with Crippen LogP contribution in [0.5, 0.6) is 0 Å². The monoisotopic (exact) mass is 247 g/mol. The average Bonchev–Trinajstić information content (AvgIpc) is 2.73. The molecule has 0 saturated carbocycles. The van der Waals surface area contributed by atoms with Crippen molar-refractivity contribution in [2.24, 2.45) is 12.8 Å². The maximum Gasteiger partial charge on any atom is 0.122 e. The molecule has 0 saturated heterocycles. The van der Waals surface area contributed by atoms with Crippen LogP contribution >= 0.6 is 12.2 Å². The third-order valence-corrected chi connectivity index (χ3v) is 2.62. The fourth-order valence-corrected chi connectivity index (χ4v) is 1.53. The summed E-state index contributed by atoms with van der Waals surface area (Å²) in [6.45, 7) is 0.699. The minimum atomic E-state index is 0.309. The van der Waals surface area contributed by atoms with Gasteiger partial charge in [0.05, 0.1) is 29.8 Å². The molecular weight excluding hydrogens is 234 g/mol. The Bertz CT molecular complexity index is 517. The summed E-state index contributed by atoms with van der Waals surface area (Å²) in [7, 11) is 1.91. The molecule has 2 aromatic rings. The lowest BCUT2D eigenvalue weighted by Crippen LogP contribution is -2.11. The molecule has 0 spiro atoms. The molecule has 0 fully saturated rings. The van der Waals surface area contributed by atoms with Gasteiger partial charge < -0.3 is 11.1 Å². The van der Waals surface area contributed by atoms with Gasteiger partial charge >= 0.3 is 0 Å². The normalized spacial score (nSPS) is 10.2. The molecule has 6 heteroatoms. The van der Waals surface area contributed by atoms with Crippen LogP contribution < -0.4 is 11.1 Å². The lowest BCUT2D eigenvalue weighted by Gasteiger charge is -2.06. The molecule has 0 bridgehead atoms. The number of aromatic nitrogens is 3. The van der Waals surface area contributed by atoms with Crippen LogP contribution in [0.25, 0.3) is 0 Å². The van der Waals surface area contributed by atoms with Crippen LogP contribution in [-0.2, 0) is 13.6 Å². The minimum absolute atomic E-state index is 0.309. The summed E-state index contributed by atoms with van der Waals surface area (Å²) in [5.74, 6) is 0. The van der Waals surface area contributed by atoms with Gasteiger partial charge in [-0.25, -0.2) is 0 Å². The summed E-state index contributed by atoms with van der Waals surface area (Å²) in [6.07, 6.45) is 3.48. The predicted octanol–water partition coefficient (Wildman–Crippen LogP) is 1.06. The third kappa shape index (κ3) is 2.79. The summed E-state index contributed by atoms with van der Waals surface area (Å²) in [6, 6.07) is 5.66. The predicted molar refractivity (Wildman–Crippen MR) is 70.7 cm³/mol. The van der Waals surface area contributed by atoms with E-state index in [1.807, 2.05) is 23.9 Å². The third-order valence-electron chi connectivity index (χ3n) is 2.41. The number of nitrogens with two attached hydrogens (primary N) is 1. The smallest absolute Gasteiger partial charge is 0.122 e. The summed E-state index contributed by atoms with van der Waals surface area (Å²) in [5.41, 5.74) is 8.13. The molecule has 2 heterocycles. The average molecular weight is 247 g/mol. The molecule has 0 unspecified atom stereocenters. The van der Waals surface area contributed by atoms with Crippen molar-refractivity contribution >= 4 is 22.9 Å². The molecular formula is C11H13N5S. The molecule has 0 aromatic carbocycles. The number of rotatable bonds is 4. The number of nitrogens with zero attached hydrogens (tertiary/aromatic N) is 3. The molecule has 0 amide bonds. The number of anilines is 1. The number of nitrogens with one attached hydrogen (secondary N) is 1. The number of thiocarbonyl (C=S) groups is 1. The van der Waals surface area contributed by atoms with Crippen LogP contribution in [-0.4, -0.2) is 19.8 Å². The van der Waals surface area contributed by atoms with Gasteiger partial charge in [-0.3, -0.25) is 9.67 Å². The second-order valence-corrected chi connectivity index (χ2v) is 4.04. The molecule has 0 aliphatic heterocycles. The summed E-state index contributed by atoms with van der Waals surface area (Å²) >= 11 is 4.84. The maximum atomic E-state index is 5.47. The zero-order valence-corrected chi connectivity index (χ0v) is 10.2. The van der Waals surface area contributed by atoms with Gasteiger partial charge in [-0.05, 0) is 18.2 Å². The number of aryl methyl sites for hydroxylation is 1. The first kappa shape index (κ1) is 11.5. The van der Waals surface area contributed by atoms with E-state index in [1.165, 1.54) is 0 Å². The van der Waals surface area contributed by atoms with Crippen molar-refractivity contribution in [2.75, 3.05) is 5.32 Å². The summed E-state index contributed by atoms with van der Waals surface area (Å²) in [4.78, 5) is 4.46. The van der Waals surface area contributed by atoms with E-state index in [0.29, 0.717) is 17.2 Å². The van der Waals surface area contributed by atoms with Crippen molar-refractivity contribution in [2.45, 2.75) is 6.54 Å². The number of hydrogen-bond acceptors (Lipinski definition) is 4. The van der Waals surface area contributed by atoms with Crippen LogP contribution in [0.4, 0.5) is 5.69 Å². The van der Waals surface area contributed by atoms with E-state index in [9.17, 15) is 0 Å². The second kappa shape index (κ2) is 4.92. The van der Waals surface area contributed by atoms with E-state index in [2.05, 4.69) is 15.4 Å². The van der Waals surface area contributed by atoms with Crippen molar-refractivity contribution in [3.8, 4) is 0 Å². The molecule has 3 N–H and O–H groups in total. The Hall–Kier alpha value is -1.95. The maximum absolute atomic E-state index is 5.47. The Morgan fingerprint density at radius 1 is 1.47 bits per heavy atom. The van der Waals surface area contributed by atoms with Gasteiger partial charge in [-0.15, -0.1) is 0 Å². The zero-order chi connectivity index (χ0) is 12.3. The van der Waals surface area contributed by atoms with E-state index in [4.69, 9.17) is 18.0 Å². The Morgan fingerprint density at radius 2 is 2.29 bits per heavy atom. The topological polar surface area (TPSA) is 68.8 Å². The van der Waals surface area contributed by atoms with Gasteiger partial charge in [0.15, 0.2) is 0 Å². The van der Waals surface area contributed by atoms with Gasteiger partial charge in [-0.2, -0.15) is 5.10 Å². The van der Waals surface area contributed by atoms with E-state index in [-0.39, 0.29) is 0 Å². The van der Waals surface area contributed by atoms with Crippen LogP contribution in [0.3, 0.4) is 0 Å². The molecule has 2 aromatic heterocycles. The van der Waals surface area contributed by atoms with Gasteiger partial charge in [0.2, 0.25) is 0 Å². The fourth-order valence-electron chi connectivity index (χ4n) is 1.41. The van der Waals surface area contributed by atoms with Gasteiger partial charge in [0, 0.05) is 13.2 Å². The van der Waals surface area contributed by atoms with Crippen molar-refractivity contribution in [1.82, 2.24) is 14.8 Å². The van der Waals surface area contributed by atoms with E-state index >= 15 is 0 Å². The van der Waals surface area contributed by atoms with Crippen LogP contribution in [0.1, 0.15) is 11.4 Å². The Labute approximate surface area is 105 Å². The largest absolute Gasteiger partial charge is 0.388 e. The highest BCUT2D eigenvalue weighted by atomic mass is 32.1. The Morgan fingerprint density at radius 3 is 2.82 bits per heavy atom. The Balaban J connectivity index is 2.00. The van der Waals surface area contributed by atoms with Crippen LogP contribution in [0.15, 0.2) is 30.6 Å². The SMILES string of the molecule is Cn1nccc1CNc1ccc(C(N)=S)nc1. The zero-order valence-electron chi connectivity index (χ0n) is 9.42. The molecule has 2 rings (SSSR count). The highest BCUT2D eigenvalue weighted by Gasteiger charge is 2.00. The van der Waals surface area contributed by atoms with Crippen molar-refractivity contribution < 1.29 is 0 Å². The van der Waals surface area contributed by atoms with E-state index in [0.717, 1.165) is 11.4 Å². The number of hydrogen-bond donors (Lipinski definition) is 2. The van der Waals surface area contributed by atoms with Gasteiger partial charge in [-0.1, -0.05) is 12.2 Å². The van der Waals surface area contributed by atoms with E-state index in [1.54, 1.807) is 18.5 Å². The molecule has 0 aliphatic carbocycles. The Kier molecular flexibility index (Phi) is 3.34. The molecule has 0 radical (unpaired) electrons. The quantitative estimate of drug-likeness (QED) is 0.791. The molecule has 0 aliphatic rings. The van der Waals surface area contributed by atoms with Crippen molar-refractivity contribution in [1.29, 1.82) is 0 Å². The first-order valence-corrected chi connectivity index (χ1v) is 5.54. The van der Waals surface area contributed by atoms with Gasteiger partial charge in [0.25, 0.3) is 0 Å². The van der Waals surface area contributed by atoms with Crippen LogP contribution in [0, 0.1) is 0 Å². The lowest BCUT2D eigenvalue weighted by atomic mass is 10.3. The summed E-state index contributed by atoms with van der Waals surface area (Å²) in [5, 5.41) is 7.34. The highest BCUT2D eigenvalue weighted by molar-refractivity contribution is 7.80. The fraction of sp³-hybridized carbons (Fsp3) is 0.182. The molecule has 88 valence electrons. The standard InChI is InChI=1S/C11H13N5S/c1-16-9(4-5-15-16)7-13-8-2-3-10(11(12)17)14-6-8/h2-6,13H,7H2,1H3,(H2,12,17). The highest BCUT2D eigenvalue weighted by Crippen LogP contribution is 2.08. The molecule has 5 nitrogen and oxygen atoms in total. The molecule has 17 heavy (non-hydrogen) atoms. The van der Waals surface area contributed by atoms with Crippen molar-refractivity contribution in [3.05, 3.63) is 42.0 Å². The second-order valence-electron chi connectivity index (χ2n) is 3.60. The minimum Gasteiger partial charge on any atom is -0.388 e. The molecule has 0 atom stereocenters. The number of pyridine rings is 1. The van der Waals surface area contributed by atoms with Gasteiger partial charge in [0.1, 0.15) is 4.99 Å². The lowest BCUT2D eigenvalue weighted by molar-refractivity contribution is 0.720. The first-order chi connectivity index (χ1) is 8.16. The first-order valence-electron chi connectivity index (χ1n) is 5.13. The van der Waals surface area contributed by atoms with Crippen LogP contribution in [0.2, 0.25) is 0 Å². The summed E-state index contributed by atoms with van der Waals surface area (Å²) < 4.78 is 1.82.